The van der Waals surface area contributed by atoms with Gasteiger partial charge in [-0.05, 0) is 29.8 Å². The van der Waals surface area contributed by atoms with E-state index in [4.69, 9.17) is 22.6 Å². The van der Waals surface area contributed by atoms with E-state index in [1.165, 1.54) is 12.1 Å². The monoisotopic (exact) mass is 338 g/mol. The van der Waals surface area contributed by atoms with Crippen LogP contribution >= 0.6 is 11.6 Å². The number of benzene rings is 2. The summed E-state index contributed by atoms with van der Waals surface area (Å²) in [5, 5.41) is 8.97. The summed E-state index contributed by atoms with van der Waals surface area (Å²) in [6.45, 7) is 0. The predicted molar refractivity (Wildman–Crippen MR) is 80.1 cm³/mol. The molecule has 23 heavy (non-hydrogen) atoms. The molecular formula is C16H10ClF3N2O. The molecule has 0 spiro atoms. The van der Waals surface area contributed by atoms with Crippen molar-refractivity contribution in [2.75, 3.05) is 5.73 Å². The van der Waals surface area contributed by atoms with E-state index in [1.54, 1.807) is 0 Å². The average molecular weight is 339 g/mol. The van der Waals surface area contributed by atoms with Crippen molar-refractivity contribution in [1.29, 1.82) is 5.26 Å². The third kappa shape index (κ3) is 3.63. The van der Waals surface area contributed by atoms with Crippen LogP contribution in [0, 0.1) is 11.3 Å². The van der Waals surface area contributed by atoms with Gasteiger partial charge in [0.05, 0.1) is 18.1 Å². The Morgan fingerprint density at radius 3 is 2.35 bits per heavy atom. The Balaban J connectivity index is 2.43. The zero-order chi connectivity index (χ0) is 17.2. The minimum Gasteiger partial charge on any atom is -0.398 e. The van der Waals surface area contributed by atoms with Crippen molar-refractivity contribution in [2.45, 2.75) is 12.6 Å². The van der Waals surface area contributed by atoms with Gasteiger partial charge < -0.3 is 5.73 Å². The third-order valence-corrected chi connectivity index (χ3v) is 3.44. The molecule has 0 aliphatic heterocycles. The topological polar surface area (TPSA) is 66.9 Å². The number of anilines is 1. The quantitative estimate of drug-likeness (QED) is 0.672. The van der Waals surface area contributed by atoms with Crippen LogP contribution < -0.4 is 5.73 Å². The first-order valence-corrected chi connectivity index (χ1v) is 6.78. The minimum absolute atomic E-state index is 0.0281. The summed E-state index contributed by atoms with van der Waals surface area (Å²) in [6, 6.07) is 8.52. The Hall–Kier alpha value is -2.52. The van der Waals surface area contributed by atoms with Gasteiger partial charge in [0, 0.05) is 21.8 Å². The van der Waals surface area contributed by atoms with Crippen molar-refractivity contribution in [3.05, 3.63) is 63.7 Å². The maximum absolute atomic E-state index is 12.5. The number of nitrogens with two attached hydrogens (primary N) is 1. The van der Waals surface area contributed by atoms with Crippen molar-refractivity contribution in [3.63, 3.8) is 0 Å². The normalized spacial score (nSPS) is 11.1. The number of nitriles is 1. The van der Waals surface area contributed by atoms with Gasteiger partial charge in [0.2, 0.25) is 0 Å². The first-order valence-electron chi connectivity index (χ1n) is 6.41. The Bertz CT molecular complexity index is 793. The molecule has 0 aliphatic rings. The number of hydrogen-bond donors (Lipinski definition) is 1. The van der Waals surface area contributed by atoms with Crippen molar-refractivity contribution in [3.8, 4) is 6.07 Å². The highest BCUT2D eigenvalue weighted by Crippen LogP contribution is 2.30. The van der Waals surface area contributed by atoms with Crippen molar-refractivity contribution >= 4 is 23.1 Å². The van der Waals surface area contributed by atoms with Crippen molar-refractivity contribution in [2.24, 2.45) is 0 Å². The van der Waals surface area contributed by atoms with Gasteiger partial charge in [0.25, 0.3) is 0 Å². The number of carbonyl (C=O) groups excluding carboxylic acids is 1. The van der Waals surface area contributed by atoms with Gasteiger partial charge >= 0.3 is 6.18 Å². The van der Waals surface area contributed by atoms with E-state index < -0.39 is 17.5 Å². The number of rotatable bonds is 3. The lowest BCUT2D eigenvalue weighted by molar-refractivity contribution is -0.137. The van der Waals surface area contributed by atoms with Gasteiger partial charge in [-0.3, -0.25) is 4.79 Å². The molecule has 3 nitrogen and oxygen atoms in total. The van der Waals surface area contributed by atoms with E-state index in [0.29, 0.717) is 5.56 Å². The first-order chi connectivity index (χ1) is 10.7. The molecule has 2 N–H and O–H groups in total. The summed E-state index contributed by atoms with van der Waals surface area (Å²) < 4.78 is 37.6. The number of ketones is 1. The second kappa shape index (κ2) is 6.31. The summed E-state index contributed by atoms with van der Waals surface area (Å²) >= 11 is 5.91. The molecule has 2 aromatic rings. The van der Waals surface area contributed by atoms with Crippen LogP contribution in [0.5, 0.6) is 0 Å². The van der Waals surface area contributed by atoms with Gasteiger partial charge in [0.15, 0.2) is 5.78 Å². The van der Waals surface area contributed by atoms with Crippen LogP contribution in [0.4, 0.5) is 18.9 Å². The zero-order valence-corrected chi connectivity index (χ0v) is 12.4. The molecular weight excluding hydrogens is 329 g/mol. The molecule has 0 radical (unpaired) electrons. The first kappa shape index (κ1) is 16.8. The standard InChI is InChI=1S/C16H10ClF3N2O/c17-12-7-10(5-6-21)14(22)13(8-12)15(23)9-1-3-11(4-2-9)16(18,19)20/h1-4,7-8H,5,22H2. The average Bonchev–Trinajstić information content (AvgIpc) is 2.49. The zero-order valence-electron chi connectivity index (χ0n) is 11.6. The molecule has 2 aromatic carbocycles. The van der Waals surface area contributed by atoms with Crippen LogP contribution in [-0.4, -0.2) is 5.78 Å². The molecule has 7 heteroatoms. The predicted octanol–water partition coefficient (Wildman–Crippen LogP) is 4.24. The number of halogens is 4. The second-order valence-electron chi connectivity index (χ2n) is 4.77. The molecule has 0 fully saturated rings. The van der Waals surface area contributed by atoms with Crippen LogP contribution in [0.2, 0.25) is 5.02 Å². The molecule has 0 aliphatic carbocycles. The maximum atomic E-state index is 12.5. The molecule has 118 valence electrons. The van der Waals surface area contributed by atoms with Crippen molar-refractivity contribution < 1.29 is 18.0 Å². The van der Waals surface area contributed by atoms with Crippen LogP contribution in [0.25, 0.3) is 0 Å². The van der Waals surface area contributed by atoms with Crippen LogP contribution in [0.15, 0.2) is 36.4 Å². The van der Waals surface area contributed by atoms with E-state index in [2.05, 4.69) is 0 Å². The minimum atomic E-state index is -4.48. The number of alkyl halides is 3. The lowest BCUT2D eigenvalue weighted by Crippen LogP contribution is -2.09. The summed E-state index contributed by atoms with van der Waals surface area (Å²) in [5.41, 5.74) is 5.62. The van der Waals surface area contributed by atoms with Gasteiger partial charge in [-0.2, -0.15) is 18.4 Å². The fourth-order valence-electron chi connectivity index (χ4n) is 2.06. The molecule has 0 aromatic heterocycles. The Kier molecular flexibility index (Phi) is 4.62. The fraction of sp³-hybridized carbons (Fsp3) is 0.125. The summed E-state index contributed by atoms with van der Waals surface area (Å²) in [7, 11) is 0. The van der Waals surface area contributed by atoms with E-state index >= 15 is 0 Å². The van der Waals surface area contributed by atoms with Crippen LogP contribution in [-0.2, 0) is 12.6 Å². The molecule has 0 atom stereocenters. The summed E-state index contributed by atoms with van der Waals surface area (Å²) in [4.78, 5) is 12.4. The molecule has 2 rings (SSSR count). The van der Waals surface area contributed by atoms with Crippen molar-refractivity contribution in [1.82, 2.24) is 0 Å². The second-order valence-corrected chi connectivity index (χ2v) is 5.20. The van der Waals surface area contributed by atoms with Gasteiger partial charge in [0.1, 0.15) is 0 Å². The van der Waals surface area contributed by atoms with E-state index in [9.17, 15) is 18.0 Å². The third-order valence-electron chi connectivity index (χ3n) is 3.22. The highest BCUT2D eigenvalue weighted by molar-refractivity contribution is 6.31. The number of nitrogen functional groups attached to an aromatic ring is 1. The highest BCUT2D eigenvalue weighted by atomic mass is 35.5. The van der Waals surface area contributed by atoms with Crippen LogP contribution in [0.1, 0.15) is 27.0 Å². The smallest absolute Gasteiger partial charge is 0.398 e. The summed E-state index contributed by atoms with van der Waals surface area (Å²) in [6.07, 6.45) is -4.50. The fourth-order valence-corrected chi connectivity index (χ4v) is 2.30. The van der Waals surface area contributed by atoms with Gasteiger partial charge in [-0.25, -0.2) is 0 Å². The number of carbonyl (C=O) groups is 1. The molecule has 0 amide bonds. The molecule has 0 saturated carbocycles. The number of nitrogens with zero attached hydrogens (tertiary/aromatic N) is 1. The molecule has 0 saturated heterocycles. The Labute approximate surface area is 135 Å². The Morgan fingerprint density at radius 2 is 1.83 bits per heavy atom. The maximum Gasteiger partial charge on any atom is 0.416 e. The SMILES string of the molecule is N#CCc1cc(Cl)cc(C(=O)c2ccc(C(F)(F)F)cc2)c1N. The van der Waals surface area contributed by atoms with Crippen LogP contribution in [0.3, 0.4) is 0 Å². The molecule has 0 heterocycles. The highest BCUT2D eigenvalue weighted by Gasteiger charge is 2.30. The lowest BCUT2D eigenvalue weighted by Gasteiger charge is -2.11. The van der Waals surface area contributed by atoms with Gasteiger partial charge in [-0.1, -0.05) is 23.7 Å². The van der Waals surface area contributed by atoms with E-state index in [1.807, 2.05) is 6.07 Å². The van der Waals surface area contributed by atoms with E-state index in [-0.39, 0.29) is 28.3 Å². The molecule has 0 bridgehead atoms. The largest absolute Gasteiger partial charge is 0.416 e. The molecule has 0 unspecified atom stereocenters. The summed E-state index contributed by atoms with van der Waals surface area (Å²) in [5.74, 6) is -0.557. The Morgan fingerprint density at radius 1 is 1.22 bits per heavy atom. The van der Waals surface area contributed by atoms with E-state index in [0.717, 1.165) is 24.3 Å². The van der Waals surface area contributed by atoms with Gasteiger partial charge in [-0.15, -0.1) is 0 Å². The number of hydrogen-bond acceptors (Lipinski definition) is 3. The lowest BCUT2D eigenvalue weighted by atomic mass is 9.97.